The molecule has 2 aromatic rings. The number of aromatic amines is 1. The monoisotopic (exact) mass is 289 g/mol. The van der Waals surface area contributed by atoms with Gasteiger partial charge < -0.3 is 5.32 Å². The fourth-order valence-corrected chi connectivity index (χ4v) is 2.00. The van der Waals surface area contributed by atoms with Crippen LogP contribution in [-0.2, 0) is 6.42 Å². The van der Waals surface area contributed by atoms with Gasteiger partial charge in [-0.3, -0.25) is 20.0 Å². The number of nitrogens with one attached hydrogen (secondary N) is 2. The van der Waals surface area contributed by atoms with E-state index in [1.165, 1.54) is 12.4 Å². The van der Waals surface area contributed by atoms with E-state index in [9.17, 15) is 14.9 Å². The number of benzene rings is 1. The molecule has 0 saturated carbocycles. The summed E-state index contributed by atoms with van der Waals surface area (Å²) in [6.45, 7) is 2.08. The number of carbonyl (C=O) groups is 1. The minimum Gasteiger partial charge on any atom is -0.352 e. The van der Waals surface area contributed by atoms with Gasteiger partial charge >= 0.3 is 0 Å². The van der Waals surface area contributed by atoms with Crippen molar-refractivity contribution in [2.45, 2.75) is 19.8 Å². The summed E-state index contributed by atoms with van der Waals surface area (Å²) in [5.41, 5.74) is 0.516. The first-order valence-electron chi connectivity index (χ1n) is 6.46. The van der Waals surface area contributed by atoms with Crippen molar-refractivity contribution in [2.24, 2.45) is 0 Å². The van der Waals surface area contributed by atoms with Crippen molar-refractivity contribution in [3.8, 4) is 0 Å². The lowest BCUT2D eigenvalue weighted by molar-refractivity contribution is -0.385. The third kappa shape index (κ3) is 3.62. The van der Waals surface area contributed by atoms with E-state index in [1.807, 2.05) is 0 Å². The van der Waals surface area contributed by atoms with Gasteiger partial charge in [-0.1, -0.05) is 12.1 Å². The van der Waals surface area contributed by atoms with Gasteiger partial charge in [0, 0.05) is 19.0 Å². The van der Waals surface area contributed by atoms with Crippen LogP contribution in [0.5, 0.6) is 0 Å². The first kappa shape index (κ1) is 14.6. The molecule has 0 fully saturated rings. The summed E-state index contributed by atoms with van der Waals surface area (Å²) < 4.78 is 0. The Morgan fingerprint density at radius 2 is 2.29 bits per heavy atom. The van der Waals surface area contributed by atoms with Gasteiger partial charge in [-0.2, -0.15) is 5.10 Å². The van der Waals surface area contributed by atoms with Gasteiger partial charge in [-0.05, 0) is 18.9 Å². The van der Waals surface area contributed by atoms with Crippen LogP contribution in [0.25, 0.3) is 0 Å². The average Bonchev–Trinajstić information content (AvgIpc) is 2.96. The topological polar surface area (TPSA) is 114 Å². The summed E-state index contributed by atoms with van der Waals surface area (Å²) in [7, 11) is 0. The second kappa shape index (κ2) is 6.60. The van der Waals surface area contributed by atoms with Gasteiger partial charge in [-0.15, -0.1) is 0 Å². The van der Waals surface area contributed by atoms with E-state index < -0.39 is 10.8 Å². The Kier molecular flexibility index (Phi) is 4.60. The van der Waals surface area contributed by atoms with Crippen LogP contribution in [-0.4, -0.2) is 32.6 Å². The van der Waals surface area contributed by atoms with Crippen LogP contribution in [0.2, 0.25) is 0 Å². The van der Waals surface area contributed by atoms with E-state index in [1.54, 1.807) is 19.1 Å². The van der Waals surface area contributed by atoms with Crippen molar-refractivity contribution in [2.75, 3.05) is 6.54 Å². The van der Waals surface area contributed by atoms with E-state index >= 15 is 0 Å². The molecule has 2 N–H and O–H groups in total. The van der Waals surface area contributed by atoms with Crippen molar-refractivity contribution < 1.29 is 9.72 Å². The van der Waals surface area contributed by atoms with Gasteiger partial charge in [0.25, 0.3) is 11.6 Å². The van der Waals surface area contributed by atoms with Crippen LogP contribution in [0.1, 0.15) is 28.2 Å². The number of carbonyl (C=O) groups excluding carboxylic acids is 1. The quantitative estimate of drug-likeness (QED) is 0.474. The van der Waals surface area contributed by atoms with Crippen molar-refractivity contribution in [1.82, 2.24) is 20.5 Å². The van der Waals surface area contributed by atoms with Gasteiger partial charge in [0.2, 0.25) is 0 Å². The molecule has 1 amide bonds. The lowest BCUT2D eigenvalue weighted by Gasteiger charge is -2.07. The highest BCUT2D eigenvalue weighted by molar-refractivity contribution is 5.99. The number of hydrogen-bond acceptors (Lipinski definition) is 5. The molecule has 0 spiro atoms. The molecule has 0 saturated heterocycles. The molecule has 0 unspecified atom stereocenters. The highest BCUT2D eigenvalue weighted by atomic mass is 16.6. The summed E-state index contributed by atoms with van der Waals surface area (Å²) in [6.07, 6.45) is 2.74. The van der Waals surface area contributed by atoms with Crippen molar-refractivity contribution >= 4 is 11.6 Å². The molecule has 2 rings (SSSR count). The number of aromatic nitrogens is 3. The number of aryl methyl sites for hydroxylation is 2. The predicted octanol–water partition coefficient (Wildman–Crippen LogP) is 1.38. The molecular formula is C13H15N5O3. The molecule has 0 aliphatic heterocycles. The summed E-state index contributed by atoms with van der Waals surface area (Å²) in [5, 5.41) is 20.1. The number of nitrogens with zero attached hydrogens (tertiary/aromatic N) is 3. The average molecular weight is 289 g/mol. The standard InChI is InChI=1S/C13H15N5O3/c1-9-4-2-5-10(18(20)21)12(9)13(19)14-7-3-6-11-15-8-16-17-11/h2,4-5,8H,3,6-7H2,1H3,(H,14,19)(H,15,16,17). The molecule has 0 aliphatic rings. The van der Waals surface area contributed by atoms with Crippen LogP contribution in [0.15, 0.2) is 24.5 Å². The largest absolute Gasteiger partial charge is 0.352 e. The Morgan fingerprint density at radius 3 is 2.95 bits per heavy atom. The van der Waals surface area contributed by atoms with Crippen LogP contribution in [0.3, 0.4) is 0 Å². The minimum atomic E-state index is -0.545. The molecule has 0 aliphatic carbocycles. The first-order valence-corrected chi connectivity index (χ1v) is 6.46. The minimum absolute atomic E-state index is 0.113. The number of nitro benzene ring substituents is 1. The number of hydrogen-bond donors (Lipinski definition) is 2. The van der Waals surface area contributed by atoms with Gasteiger partial charge in [0.15, 0.2) is 0 Å². The normalized spacial score (nSPS) is 10.3. The molecular weight excluding hydrogens is 274 g/mol. The van der Waals surface area contributed by atoms with E-state index in [0.29, 0.717) is 24.9 Å². The van der Waals surface area contributed by atoms with E-state index in [4.69, 9.17) is 0 Å². The third-order valence-electron chi connectivity index (χ3n) is 3.02. The second-order valence-corrected chi connectivity index (χ2v) is 4.52. The van der Waals surface area contributed by atoms with Gasteiger partial charge in [0.05, 0.1) is 4.92 Å². The number of amides is 1. The molecule has 0 bridgehead atoms. The Hall–Kier alpha value is -2.77. The van der Waals surface area contributed by atoms with Gasteiger partial charge in [0.1, 0.15) is 17.7 Å². The molecule has 0 atom stereocenters. The van der Waals surface area contributed by atoms with Crippen LogP contribution >= 0.6 is 0 Å². The van der Waals surface area contributed by atoms with Crippen LogP contribution in [0, 0.1) is 17.0 Å². The Balaban J connectivity index is 1.95. The Bertz CT molecular complexity index is 639. The molecule has 8 nitrogen and oxygen atoms in total. The highest BCUT2D eigenvalue weighted by Crippen LogP contribution is 2.21. The molecule has 0 radical (unpaired) electrons. The second-order valence-electron chi connectivity index (χ2n) is 4.52. The Labute approximate surface area is 120 Å². The fourth-order valence-electron chi connectivity index (χ4n) is 2.00. The maximum Gasteiger partial charge on any atom is 0.282 e. The van der Waals surface area contributed by atoms with Crippen LogP contribution < -0.4 is 5.32 Å². The van der Waals surface area contributed by atoms with Crippen molar-refractivity contribution in [3.63, 3.8) is 0 Å². The zero-order chi connectivity index (χ0) is 15.2. The Morgan fingerprint density at radius 1 is 1.48 bits per heavy atom. The molecule has 1 aromatic carbocycles. The smallest absolute Gasteiger partial charge is 0.282 e. The lowest BCUT2D eigenvalue weighted by atomic mass is 10.1. The number of rotatable bonds is 6. The lowest BCUT2D eigenvalue weighted by Crippen LogP contribution is -2.26. The summed E-state index contributed by atoms with van der Waals surface area (Å²) in [5.74, 6) is 0.309. The summed E-state index contributed by atoms with van der Waals surface area (Å²) in [4.78, 5) is 26.5. The summed E-state index contributed by atoms with van der Waals surface area (Å²) in [6, 6.07) is 4.57. The third-order valence-corrected chi connectivity index (χ3v) is 3.02. The molecule has 1 aromatic heterocycles. The molecule has 21 heavy (non-hydrogen) atoms. The highest BCUT2D eigenvalue weighted by Gasteiger charge is 2.21. The summed E-state index contributed by atoms with van der Waals surface area (Å²) >= 11 is 0. The van der Waals surface area contributed by atoms with Crippen molar-refractivity contribution in [3.05, 3.63) is 51.6 Å². The number of nitro groups is 1. The number of H-pyrrole nitrogens is 1. The predicted molar refractivity (Wildman–Crippen MR) is 74.9 cm³/mol. The zero-order valence-electron chi connectivity index (χ0n) is 11.5. The zero-order valence-corrected chi connectivity index (χ0v) is 11.5. The first-order chi connectivity index (χ1) is 10.1. The molecule has 110 valence electrons. The SMILES string of the molecule is Cc1cccc([N+](=O)[O-])c1C(=O)NCCCc1ncn[nH]1. The fraction of sp³-hybridized carbons (Fsp3) is 0.308. The van der Waals surface area contributed by atoms with Crippen LogP contribution in [0.4, 0.5) is 5.69 Å². The molecule has 1 heterocycles. The van der Waals surface area contributed by atoms with Crippen molar-refractivity contribution in [1.29, 1.82) is 0 Å². The maximum atomic E-state index is 12.1. The van der Waals surface area contributed by atoms with E-state index in [-0.39, 0.29) is 11.3 Å². The maximum absolute atomic E-state index is 12.1. The van der Waals surface area contributed by atoms with Gasteiger partial charge in [-0.25, -0.2) is 4.98 Å². The van der Waals surface area contributed by atoms with E-state index in [2.05, 4.69) is 20.5 Å². The molecule has 8 heteroatoms. The van der Waals surface area contributed by atoms with E-state index in [0.717, 1.165) is 5.82 Å².